The van der Waals surface area contributed by atoms with Crippen LogP contribution in [0.1, 0.15) is 18.5 Å². The topological polar surface area (TPSA) is 98.1 Å². The Labute approximate surface area is 182 Å². The van der Waals surface area contributed by atoms with Crippen molar-refractivity contribution in [3.63, 3.8) is 0 Å². The highest BCUT2D eigenvalue weighted by atomic mass is 16.5. The molecule has 31 heavy (non-hydrogen) atoms. The van der Waals surface area contributed by atoms with Crippen LogP contribution in [0.2, 0.25) is 0 Å². The Kier molecular flexibility index (Phi) is 6.48. The molecule has 0 saturated carbocycles. The van der Waals surface area contributed by atoms with E-state index in [1.54, 1.807) is 12.3 Å². The van der Waals surface area contributed by atoms with Gasteiger partial charge < -0.3 is 25.6 Å². The predicted molar refractivity (Wildman–Crippen MR) is 120 cm³/mol. The predicted octanol–water partition coefficient (Wildman–Crippen LogP) is 2.94. The van der Waals surface area contributed by atoms with Gasteiger partial charge >= 0.3 is 0 Å². The quantitative estimate of drug-likeness (QED) is 0.361. The van der Waals surface area contributed by atoms with Crippen LogP contribution < -0.4 is 20.7 Å². The summed E-state index contributed by atoms with van der Waals surface area (Å²) in [6, 6.07) is 11.4. The van der Waals surface area contributed by atoms with Crippen molar-refractivity contribution in [2.24, 2.45) is 0 Å². The van der Waals surface area contributed by atoms with Gasteiger partial charge in [-0.15, -0.1) is 5.73 Å². The lowest BCUT2D eigenvalue weighted by Crippen LogP contribution is -2.42. The van der Waals surface area contributed by atoms with Crippen molar-refractivity contribution in [1.29, 1.82) is 5.26 Å². The first-order valence-electron chi connectivity index (χ1n) is 10.4. The van der Waals surface area contributed by atoms with Gasteiger partial charge in [0, 0.05) is 38.9 Å². The summed E-state index contributed by atoms with van der Waals surface area (Å²) in [4.78, 5) is 11.1. The van der Waals surface area contributed by atoms with Crippen molar-refractivity contribution >= 4 is 17.2 Å². The molecule has 0 unspecified atom stereocenters. The molecule has 8 heteroatoms. The van der Waals surface area contributed by atoms with Crippen LogP contribution in [0.5, 0.6) is 5.75 Å². The number of hydrogen-bond donors (Lipinski definition) is 3. The standard InChI is InChI=1S/C23H25N7O/c1-2-17(30-14-12-25-13-15-30)6-5-10-26-23-27-11-9-19(29-23)18(16-24)22-28-20-7-3-4-8-21(20)31-22/h3-4,7-9,11,25,28H,1,5-6,10,12-15H2,(H,26,27,29)/b22-18-. The zero-order chi connectivity index (χ0) is 21.5. The summed E-state index contributed by atoms with van der Waals surface area (Å²) in [5.41, 5.74) is 5.90. The van der Waals surface area contributed by atoms with E-state index in [1.807, 2.05) is 24.3 Å². The van der Waals surface area contributed by atoms with Gasteiger partial charge in [-0.25, -0.2) is 9.97 Å². The number of hydrogen-bond acceptors (Lipinski definition) is 8. The van der Waals surface area contributed by atoms with Crippen molar-refractivity contribution in [3.8, 4) is 11.8 Å². The molecule has 1 fully saturated rings. The molecule has 1 saturated heterocycles. The largest absolute Gasteiger partial charge is 0.437 e. The molecule has 0 radical (unpaired) electrons. The summed E-state index contributed by atoms with van der Waals surface area (Å²) in [7, 11) is 0. The van der Waals surface area contributed by atoms with Crippen LogP contribution in [0.3, 0.4) is 0 Å². The molecular weight excluding hydrogens is 390 g/mol. The Morgan fingerprint density at radius 2 is 2.10 bits per heavy atom. The zero-order valence-electron chi connectivity index (χ0n) is 17.3. The van der Waals surface area contributed by atoms with Gasteiger partial charge in [0.15, 0.2) is 5.75 Å². The van der Waals surface area contributed by atoms with E-state index in [1.165, 1.54) is 0 Å². The lowest BCUT2D eigenvalue weighted by molar-refractivity contribution is 0.290. The average Bonchev–Trinajstić information content (AvgIpc) is 3.24. The third-order valence-corrected chi connectivity index (χ3v) is 5.17. The lowest BCUT2D eigenvalue weighted by atomic mass is 10.2. The highest BCUT2D eigenvalue weighted by Gasteiger charge is 2.22. The molecule has 158 valence electrons. The molecule has 0 spiro atoms. The maximum absolute atomic E-state index is 9.70. The van der Waals surface area contributed by atoms with Crippen LogP contribution in [-0.2, 0) is 0 Å². The molecule has 0 aliphatic carbocycles. The monoisotopic (exact) mass is 415 g/mol. The fourth-order valence-corrected chi connectivity index (χ4v) is 3.59. The molecule has 4 rings (SSSR count). The third-order valence-electron chi connectivity index (χ3n) is 5.17. The number of rotatable bonds is 7. The number of para-hydroxylation sites is 2. The number of allylic oxidation sites excluding steroid dienone is 2. The van der Waals surface area contributed by atoms with Gasteiger partial charge in [-0.3, -0.25) is 0 Å². The molecule has 1 aromatic carbocycles. The van der Waals surface area contributed by atoms with Crippen molar-refractivity contribution in [3.05, 3.63) is 66.1 Å². The van der Waals surface area contributed by atoms with Crippen LogP contribution in [0.4, 0.5) is 11.6 Å². The number of fused-ring (bicyclic) bond motifs is 1. The number of aromatic nitrogens is 2. The van der Waals surface area contributed by atoms with Crippen molar-refractivity contribution in [2.75, 3.05) is 43.4 Å². The first-order chi connectivity index (χ1) is 15.3. The average molecular weight is 416 g/mol. The second kappa shape index (κ2) is 9.81. The number of nitrogens with one attached hydrogen (secondary N) is 3. The Morgan fingerprint density at radius 3 is 2.87 bits per heavy atom. The summed E-state index contributed by atoms with van der Waals surface area (Å²) in [5.74, 6) is 1.55. The Morgan fingerprint density at radius 1 is 1.26 bits per heavy atom. The Balaban J connectivity index is 1.37. The molecule has 2 aliphatic rings. The van der Waals surface area contributed by atoms with Crippen LogP contribution in [0.15, 0.2) is 60.4 Å². The minimum absolute atomic E-state index is 0.331. The normalized spacial score (nSPS) is 16.3. The molecule has 0 bridgehead atoms. The lowest BCUT2D eigenvalue weighted by Gasteiger charge is -2.30. The molecule has 1 aromatic heterocycles. The smallest absolute Gasteiger partial charge is 0.223 e. The summed E-state index contributed by atoms with van der Waals surface area (Å²) in [6.07, 6.45) is 3.43. The third kappa shape index (κ3) is 4.86. The van der Waals surface area contributed by atoms with Crippen LogP contribution in [-0.4, -0.2) is 47.6 Å². The summed E-state index contributed by atoms with van der Waals surface area (Å²) < 4.78 is 5.79. The Bertz CT molecular complexity index is 1030. The fourth-order valence-electron chi connectivity index (χ4n) is 3.59. The van der Waals surface area contributed by atoms with Gasteiger partial charge in [0.25, 0.3) is 0 Å². The van der Waals surface area contributed by atoms with E-state index in [-0.39, 0.29) is 0 Å². The number of benzene rings is 1. The van der Waals surface area contributed by atoms with Crippen LogP contribution >= 0.6 is 0 Å². The van der Waals surface area contributed by atoms with Gasteiger partial charge in [-0.05, 0) is 31.0 Å². The highest BCUT2D eigenvalue weighted by molar-refractivity contribution is 5.81. The summed E-state index contributed by atoms with van der Waals surface area (Å²) in [6.45, 7) is 8.51. The summed E-state index contributed by atoms with van der Waals surface area (Å²) in [5, 5.41) is 19.4. The molecule has 3 heterocycles. The molecular formula is C23H25N7O. The van der Waals surface area contributed by atoms with E-state index in [0.29, 0.717) is 35.4 Å². The minimum atomic E-state index is 0.331. The first kappa shape index (κ1) is 20.5. The maximum atomic E-state index is 9.70. The van der Waals surface area contributed by atoms with E-state index in [2.05, 4.69) is 49.2 Å². The SMILES string of the molecule is C=C=C(CCCNc1nccc(/C(C#N)=C2/Nc3ccccc3O2)n1)N1CCNCC1. The zero-order valence-corrected chi connectivity index (χ0v) is 17.3. The van der Waals surface area contributed by atoms with E-state index in [9.17, 15) is 5.26 Å². The van der Waals surface area contributed by atoms with Gasteiger partial charge in [-0.1, -0.05) is 18.7 Å². The molecule has 0 amide bonds. The van der Waals surface area contributed by atoms with E-state index in [0.717, 1.165) is 50.4 Å². The number of piperazine rings is 1. The fraction of sp³-hybridized carbons (Fsp3) is 0.304. The number of nitrogens with zero attached hydrogens (tertiary/aromatic N) is 4. The van der Waals surface area contributed by atoms with E-state index >= 15 is 0 Å². The molecule has 2 aliphatic heterocycles. The number of nitriles is 1. The first-order valence-corrected chi connectivity index (χ1v) is 10.4. The number of anilines is 2. The molecule has 2 aromatic rings. The van der Waals surface area contributed by atoms with Gasteiger partial charge in [-0.2, -0.15) is 5.26 Å². The Hall–Kier alpha value is -3.79. The molecule has 8 nitrogen and oxygen atoms in total. The molecule has 0 atom stereocenters. The van der Waals surface area contributed by atoms with Crippen LogP contribution in [0.25, 0.3) is 5.57 Å². The highest BCUT2D eigenvalue weighted by Crippen LogP contribution is 2.35. The van der Waals surface area contributed by atoms with Crippen LogP contribution in [0, 0.1) is 11.3 Å². The van der Waals surface area contributed by atoms with E-state index < -0.39 is 0 Å². The second-order valence-corrected chi connectivity index (χ2v) is 7.20. The summed E-state index contributed by atoms with van der Waals surface area (Å²) >= 11 is 0. The minimum Gasteiger partial charge on any atom is -0.437 e. The van der Waals surface area contributed by atoms with Gasteiger partial charge in [0.1, 0.15) is 11.6 Å². The number of ether oxygens (including phenoxy) is 1. The second-order valence-electron chi connectivity index (χ2n) is 7.20. The van der Waals surface area contributed by atoms with Crippen molar-refractivity contribution < 1.29 is 4.74 Å². The van der Waals surface area contributed by atoms with Crippen molar-refractivity contribution in [1.82, 2.24) is 20.2 Å². The maximum Gasteiger partial charge on any atom is 0.223 e. The van der Waals surface area contributed by atoms with Gasteiger partial charge in [0.2, 0.25) is 11.8 Å². The van der Waals surface area contributed by atoms with Crippen molar-refractivity contribution in [2.45, 2.75) is 12.8 Å². The molecule has 3 N–H and O–H groups in total. The van der Waals surface area contributed by atoms with E-state index in [4.69, 9.17) is 4.74 Å². The van der Waals surface area contributed by atoms with Gasteiger partial charge in [0.05, 0.1) is 17.1 Å².